The van der Waals surface area contributed by atoms with Crippen molar-refractivity contribution in [1.29, 1.82) is 0 Å². The maximum Gasteiger partial charge on any atom is 0.242 e. The second kappa shape index (κ2) is 10.5. The van der Waals surface area contributed by atoms with E-state index in [4.69, 9.17) is 9.47 Å². The molecule has 3 aromatic rings. The molecule has 0 unspecified atom stereocenters. The summed E-state index contributed by atoms with van der Waals surface area (Å²) in [6.45, 7) is 2.56. The van der Waals surface area contributed by atoms with E-state index in [1.54, 1.807) is 31.4 Å². The van der Waals surface area contributed by atoms with Crippen LogP contribution in [0.25, 0.3) is 10.8 Å². The summed E-state index contributed by atoms with van der Waals surface area (Å²) in [4.78, 5) is 14.9. The number of amidine groups is 1. The van der Waals surface area contributed by atoms with E-state index in [0.717, 1.165) is 34.7 Å². The molecule has 0 radical (unpaired) electrons. The molecule has 0 bridgehead atoms. The van der Waals surface area contributed by atoms with E-state index in [1.807, 2.05) is 30.3 Å². The van der Waals surface area contributed by atoms with Gasteiger partial charge in [-0.05, 0) is 34.9 Å². The number of carbonyl (C=O) groups excluding carboxylic acids is 1. The zero-order chi connectivity index (χ0) is 23.2. The fourth-order valence-corrected chi connectivity index (χ4v) is 5.06. The molecule has 0 aromatic heterocycles. The Hall–Kier alpha value is -3.32. The third-order valence-corrected chi connectivity index (χ3v) is 6.79. The molecule has 0 saturated carbocycles. The van der Waals surface area contributed by atoms with Gasteiger partial charge in [-0.3, -0.25) is 9.69 Å². The van der Waals surface area contributed by atoms with Crippen LogP contribution in [0, 0.1) is 0 Å². The molecule has 170 valence electrons. The molecule has 3 aromatic carbocycles. The van der Waals surface area contributed by atoms with Gasteiger partial charge in [0.2, 0.25) is 5.91 Å². The first-order valence-electron chi connectivity index (χ1n) is 10.9. The van der Waals surface area contributed by atoms with Crippen LogP contribution >= 0.6 is 11.8 Å². The van der Waals surface area contributed by atoms with Crippen molar-refractivity contribution in [3.8, 4) is 11.5 Å². The largest absolute Gasteiger partial charge is 0.497 e. The predicted octanol–water partition coefficient (Wildman–Crippen LogP) is 5.49. The van der Waals surface area contributed by atoms with Crippen molar-refractivity contribution < 1.29 is 14.3 Å². The molecule has 1 fully saturated rings. The van der Waals surface area contributed by atoms with Crippen LogP contribution in [0.2, 0.25) is 0 Å². The van der Waals surface area contributed by atoms with Gasteiger partial charge in [0.15, 0.2) is 5.17 Å². The Kier molecular flexibility index (Phi) is 7.29. The molecular formula is C26H27N3O3S. The highest BCUT2D eigenvalue weighted by Gasteiger charge is 2.37. The molecule has 1 atom stereocenters. The van der Waals surface area contributed by atoms with Crippen molar-refractivity contribution in [1.82, 2.24) is 4.90 Å². The maximum absolute atomic E-state index is 13.2. The Bertz CT molecular complexity index is 1200. The SMILES string of the molecule is CCC[C@H]1S/C(=N/N=C\c2ccc(OC)cc2OC)N(Cc2cccc3ccccc23)C1=O. The van der Waals surface area contributed by atoms with E-state index in [-0.39, 0.29) is 11.2 Å². The van der Waals surface area contributed by atoms with Crippen molar-refractivity contribution in [2.45, 2.75) is 31.6 Å². The number of ether oxygens (including phenoxy) is 2. The zero-order valence-corrected chi connectivity index (χ0v) is 19.8. The van der Waals surface area contributed by atoms with Crippen LogP contribution in [0.1, 0.15) is 30.9 Å². The molecular weight excluding hydrogens is 434 g/mol. The Balaban J connectivity index is 1.63. The van der Waals surface area contributed by atoms with Crippen molar-refractivity contribution in [3.63, 3.8) is 0 Å². The predicted molar refractivity (Wildman–Crippen MR) is 135 cm³/mol. The highest BCUT2D eigenvalue weighted by atomic mass is 32.2. The van der Waals surface area contributed by atoms with Gasteiger partial charge in [-0.15, -0.1) is 5.10 Å². The highest BCUT2D eigenvalue weighted by Crippen LogP contribution is 2.33. The minimum Gasteiger partial charge on any atom is -0.497 e. The number of fused-ring (bicyclic) bond motifs is 1. The molecule has 6 nitrogen and oxygen atoms in total. The van der Waals surface area contributed by atoms with Crippen LogP contribution in [-0.2, 0) is 11.3 Å². The molecule has 1 aliphatic rings. The van der Waals surface area contributed by atoms with E-state index in [9.17, 15) is 4.79 Å². The van der Waals surface area contributed by atoms with Gasteiger partial charge in [0.1, 0.15) is 11.5 Å². The molecule has 1 saturated heterocycles. The monoisotopic (exact) mass is 461 g/mol. The van der Waals surface area contributed by atoms with E-state index < -0.39 is 0 Å². The van der Waals surface area contributed by atoms with Crippen molar-refractivity contribution in [2.24, 2.45) is 10.2 Å². The van der Waals surface area contributed by atoms with Crippen molar-refractivity contribution in [3.05, 3.63) is 71.8 Å². The number of rotatable bonds is 8. The number of nitrogens with zero attached hydrogens (tertiary/aromatic N) is 3. The normalized spacial score (nSPS) is 17.4. The summed E-state index contributed by atoms with van der Waals surface area (Å²) in [7, 11) is 3.21. The first-order valence-corrected chi connectivity index (χ1v) is 11.8. The second-order valence-electron chi connectivity index (χ2n) is 7.69. The topological polar surface area (TPSA) is 63.5 Å². The molecule has 0 N–H and O–H groups in total. The smallest absolute Gasteiger partial charge is 0.242 e. The minimum atomic E-state index is -0.130. The Morgan fingerprint density at radius 1 is 1.06 bits per heavy atom. The average Bonchev–Trinajstić information content (AvgIpc) is 3.14. The fourth-order valence-electron chi connectivity index (χ4n) is 3.84. The average molecular weight is 462 g/mol. The first kappa shape index (κ1) is 22.9. The van der Waals surface area contributed by atoms with Crippen LogP contribution < -0.4 is 9.47 Å². The summed E-state index contributed by atoms with van der Waals surface area (Å²) >= 11 is 1.49. The van der Waals surface area contributed by atoms with Gasteiger partial charge in [0.05, 0.1) is 32.2 Å². The summed E-state index contributed by atoms with van der Waals surface area (Å²) in [6, 6.07) is 19.9. The lowest BCUT2D eigenvalue weighted by atomic mass is 10.0. The van der Waals surface area contributed by atoms with Gasteiger partial charge in [0, 0.05) is 11.6 Å². The van der Waals surface area contributed by atoms with Crippen LogP contribution in [-0.4, -0.2) is 41.7 Å². The number of carbonyl (C=O) groups is 1. The van der Waals surface area contributed by atoms with Gasteiger partial charge in [-0.25, -0.2) is 0 Å². The van der Waals surface area contributed by atoms with E-state index in [0.29, 0.717) is 23.2 Å². The van der Waals surface area contributed by atoms with E-state index >= 15 is 0 Å². The van der Waals surface area contributed by atoms with Crippen LogP contribution in [0.15, 0.2) is 70.9 Å². The number of hydrogen-bond acceptors (Lipinski definition) is 6. The van der Waals surface area contributed by atoms with Gasteiger partial charge in [0.25, 0.3) is 0 Å². The quantitative estimate of drug-likeness (QED) is 0.329. The summed E-state index contributed by atoms with van der Waals surface area (Å²) in [6.07, 6.45) is 3.38. The molecule has 1 aliphatic heterocycles. The Morgan fingerprint density at radius 2 is 1.88 bits per heavy atom. The van der Waals surface area contributed by atoms with Crippen molar-refractivity contribution >= 4 is 39.8 Å². The van der Waals surface area contributed by atoms with Crippen LogP contribution in [0.3, 0.4) is 0 Å². The van der Waals surface area contributed by atoms with Gasteiger partial charge in [-0.1, -0.05) is 67.6 Å². The molecule has 0 aliphatic carbocycles. The third kappa shape index (κ3) is 5.03. The Labute approximate surface area is 198 Å². The second-order valence-corrected chi connectivity index (χ2v) is 8.86. The van der Waals surface area contributed by atoms with E-state index in [1.165, 1.54) is 11.8 Å². The number of benzene rings is 3. The molecule has 33 heavy (non-hydrogen) atoms. The molecule has 1 amide bonds. The first-order chi connectivity index (χ1) is 16.1. The maximum atomic E-state index is 13.2. The fraction of sp³-hybridized carbons (Fsp3) is 0.269. The summed E-state index contributed by atoms with van der Waals surface area (Å²) in [5, 5.41) is 11.5. The number of thioether (sulfide) groups is 1. The summed E-state index contributed by atoms with van der Waals surface area (Å²) < 4.78 is 10.7. The minimum absolute atomic E-state index is 0.0887. The van der Waals surface area contributed by atoms with Crippen molar-refractivity contribution in [2.75, 3.05) is 14.2 Å². The van der Waals surface area contributed by atoms with Gasteiger partial charge >= 0.3 is 0 Å². The third-order valence-electron chi connectivity index (χ3n) is 5.56. The zero-order valence-electron chi connectivity index (χ0n) is 19.0. The Morgan fingerprint density at radius 3 is 2.67 bits per heavy atom. The molecule has 1 heterocycles. The number of hydrogen-bond donors (Lipinski definition) is 0. The molecule has 7 heteroatoms. The van der Waals surface area contributed by atoms with Gasteiger partial charge < -0.3 is 9.47 Å². The number of methoxy groups -OCH3 is 2. The molecule has 4 rings (SSSR count). The summed E-state index contributed by atoms with van der Waals surface area (Å²) in [5.41, 5.74) is 1.87. The van der Waals surface area contributed by atoms with Crippen LogP contribution in [0.5, 0.6) is 11.5 Å². The van der Waals surface area contributed by atoms with Crippen LogP contribution in [0.4, 0.5) is 0 Å². The number of amides is 1. The standard InChI is InChI=1S/C26H27N3O3S/c1-4-8-24-25(30)29(17-20-11-7-10-18-9-5-6-12-22(18)20)26(33-24)28-27-16-19-13-14-21(31-2)15-23(19)32-3/h5-7,9-16,24H,4,8,17H2,1-3H3/b27-16-,28-26+/t24-/m1/s1. The summed E-state index contributed by atoms with van der Waals surface area (Å²) in [5.74, 6) is 1.44. The highest BCUT2D eigenvalue weighted by molar-refractivity contribution is 8.15. The molecule has 0 spiro atoms. The lowest BCUT2D eigenvalue weighted by Crippen LogP contribution is -2.31. The van der Waals surface area contributed by atoms with Gasteiger partial charge in [-0.2, -0.15) is 5.10 Å². The van der Waals surface area contributed by atoms with E-state index in [2.05, 4.69) is 41.4 Å². The lowest BCUT2D eigenvalue weighted by Gasteiger charge is -2.17. The lowest BCUT2D eigenvalue weighted by molar-refractivity contribution is -0.126.